The fourth-order valence-electron chi connectivity index (χ4n) is 3.43. The highest BCUT2D eigenvalue weighted by atomic mass is 35.5. The standard InChI is InChI=1S/C21H16Cl2F3N9O2/c1-10-6-11(22)7-13(18(36)27-2)16(10)29-19(37)15-8-12(9-34-20(21(24,25)26)30-32-33-34)31-35(15)17-14(23)4-3-5-28-17/h3-8H,9H2,1-2H3,(H,27,36)(H,29,37). The van der Waals surface area contributed by atoms with Gasteiger partial charge in [0.2, 0.25) is 0 Å². The SMILES string of the molecule is CNC(=O)c1cc(Cl)cc(C)c1NC(=O)c1cc(Cn2nnnc2C(F)(F)F)nn1-c1ncccc1Cl. The van der Waals surface area contributed by atoms with Crippen molar-refractivity contribution in [1.82, 2.24) is 40.3 Å². The zero-order valence-electron chi connectivity index (χ0n) is 19.0. The summed E-state index contributed by atoms with van der Waals surface area (Å²) in [7, 11) is 1.42. The van der Waals surface area contributed by atoms with E-state index in [2.05, 4.69) is 36.2 Å². The maximum absolute atomic E-state index is 13.4. The number of benzene rings is 1. The van der Waals surface area contributed by atoms with Crippen LogP contribution in [0.3, 0.4) is 0 Å². The summed E-state index contributed by atoms with van der Waals surface area (Å²) >= 11 is 12.3. The number of aromatic nitrogens is 7. The first kappa shape index (κ1) is 26.0. The third-order valence-electron chi connectivity index (χ3n) is 5.04. The summed E-state index contributed by atoms with van der Waals surface area (Å²) in [6, 6.07) is 7.24. The van der Waals surface area contributed by atoms with E-state index in [9.17, 15) is 22.8 Å². The van der Waals surface area contributed by atoms with Crippen LogP contribution in [0, 0.1) is 6.92 Å². The van der Waals surface area contributed by atoms with Gasteiger partial charge < -0.3 is 10.6 Å². The molecule has 0 saturated carbocycles. The second-order valence-electron chi connectivity index (χ2n) is 7.58. The van der Waals surface area contributed by atoms with Crippen LogP contribution in [0.4, 0.5) is 18.9 Å². The molecule has 11 nitrogen and oxygen atoms in total. The van der Waals surface area contributed by atoms with Gasteiger partial charge in [0, 0.05) is 18.3 Å². The topological polar surface area (TPSA) is 133 Å². The summed E-state index contributed by atoms with van der Waals surface area (Å²) < 4.78 is 41.3. The summed E-state index contributed by atoms with van der Waals surface area (Å²) in [5, 5.41) is 19.2. The third kappa shape index (κ3) is 5.39. The van der Waals surface area contributed by atoms with Crippen molar-refractivity contribution in [2.24, 2.45) is 0 Å². The number of hydrogen-bond acceptors (Lipinski definition) is 7. The van der Waals surface area contributed by atoms with Crippen LogP contribution < -0.4 is 10.6 Å². The number of anilines is 1. The van der Waals surface area contributed by atoms with Gasteiger partial charge in [0.1, 0.15) is 5.69 Å². The van der Waals surface area contributed by atoms with Crippen LogP contribution in [0.25, 0.3) is 5.82 Å². The minimum absolute atomic E-state index is 0.00372. The highest BCUT2D eigenvalue weighted by molar-refractivity contribution is 6.32. The van der Waals surface area contributed by atoms with Crippen molar-refractivity contribution < 1.29 is 22.8 Å². The second kappa shape index (κ2) is 10.1. The molecule has 0 atom stereocenters. The van der Waals surface area contributed by atoms with Gasteiger partial charge in [-0.1, -0.05) is 23.2 Å². The number of amides is 2. The highest BCUT2D eigenvalue weighted by Gasteiger charge is 2.38. The van der Waals surface area contributed by atoms with Crippen molar-refractivity contribution in [3.8, 4) is 5.82 Å². The molecule has 192 valence electrons. The molecular formula is C21H16Cl2F3N9O2. The predicted octanol–water partition coefficient (Wildman–Crippen LogP) is 3.55. The molecule has 3 aromatic heterocycles. The molecular weight excluding hydrogens is 538 g/mol. The Morgan fingerprint density at radius 3 is 2.57 bits per heavy atom. The summed E-state index contributed by atoms with van der Waals surface area (Å²) in [4.78, 5) is 30.0. The quantitative estimate of drug-likeness (QED) is 0.373. The first-order valence-corrected chi connectivity index (χ1v) is 11.1. The summed E-state index contributed by atoms with van der Waals surface area (Å²) in [5.74, 6) is -2.53. The Morgan fingerprint density at radius 1 is 1.14 bits per heavy atom. The van der Waals surface area contributed by atoms with E-state index in [-0.39, 0.29) is 38.5 Å². The average molecular weight is 554 g/mol. The molecule has 0 fully saturated rings. The fourth-order valence-corrected chi connectivity index (χ4v) is 3.91. The molecule has 0 aliphatic rings. The minimum Gasteiger partial charge on any atom is -0.355 e. The summed E-state index contributed by atoms with van der Waals surface area (Å²) in [5.41, 5.74) is 0.644. The monoisotopic (exact) mass is 553 g/mol. The van der Waals surface area contributed by atoms with Crippen LogP contribution >= 0.6 is 23.2 Å². The van der Waals surface area contributed by atoms with Crippen molar-refractivity contribution in [2.45, 2.75) is 19.6 Å². The molecule has 16 heteroatoms. The third-order valence-corrected chi connectivity index (χ3v) is 5.55. The van der Waals surface area contributed by atoms with Crippen molar-refractivity contribution >= 4 is 40.7 Å². The summed E-state index contributed by atoms with van der Waals surface area (Å²) in [6.45, 7) is 1.13. The average Bonchev–Trinajstić information content (AvgIpc) is 3.48. The van der Waals surface area contributed by atoms with Gasteiger partial charge in [0.25, 0.3) is 17.6 Å². The van der Waals surface area contributed by atoms with Gasteiger partial charge >= 0.3 is 6.18 Å². The van der Waals surface area contributed by atoms with E-state index in [0.717, 1.165) is 4.68 Å². The lowest BCUT2D eigenvalue weighted by molar-refractivity contribution is -0.147. The molecule has 0 aliphatic carbocycles. The number of alkyl halides is 3. The fraction of sp³-hybridized carbons (Fsp3) is 0.190. The number of pyridine rings is 1. The second-order valence-corrected chi connectivity index (χ2v) is 8.42. The molecule has 0 bridgehead atoms. The predicted molar refractivity (Wildman–Crippen MR) is 126 cm³/mol. The lowest BCUT2D eigenvalue weighted by Gasteiger charge is -2.14. The Hall–Kier alpha value is -4.04. The summed E-state index contributed by atoms with van der Waals surface area (Å²) in [6.07, 6.45) is -3.40. The molecule has 4 rings (SSSR count). The molecule has 0 unspecified atom stereocenters. The number of nitrogens with zero attached hydrogens (tertiary/aromatic N) is 7. The van der Waals surface area contributed by atoms with E-state index in [1.807, 2.05) is 0 Å². The molecule has 1 aromatic carbocycles. The van der Waals surface area contributed by atoms with Crippen molar-refractivity contribution in [2.75, 3.05) is 12.4 Å². The Kier molecular flexibility index (Phi) is 7.14. The zero-order chi connectivity index (χ0) is 26.9. The number of nitrogens with one attached hydrogen (secondary N) is 2. The van der Waals surface area contributed by atoms with Gasteiger partial charge in [0.15, 0.2) is 5.82 Å². The van der Waals surface area contributed by atoms with Gasteiger partial charge in [-0.3, -0.25) is 9.59 Å². The maximum atomic E-state index is 13.4. The van der Waals surface area contributed by atoms with Gasteiger partial charge in [-0.25, -0.2) is 14.3 Å². The molecule has 2 amide bonds. The number of carbonyl (C=O) groups excluding carboxylic acids is 2. The Morgan fingerprint density at radius 2 is 1.89 bits per heavy atom. The number of rotatable bonds is 6. The van der Waals surface area contributed by atoms with Crippen LogP contribution in [-0.4, -0.2) is 53.8 Å². The first-order valence-electron chi connectivity index (χ1n) is 10.4. The van der Waals surface area contributed by atoms with Crippen molar-refractivity contribution in [1.29, 1.82) is 0 Å². The molecule has 4 aromatic rings. The van der Waals surface area contributed by atoms with E-state index in [4.69, 9.17) is 23.2 Å². The highest BCUT2D eigenvalue weighted by Crippen LogP contribution is 2.29. The maximum Gasteiger partial charge on any atom is 0.453 e. The Balaban J connectivity index is 1.78. The molecule has 0 aliphatic heterocycles. The number of tetrazole rings is 1. The van der Waals surface area contributed by atoms with Crippen LogP contribution in [-0.2, 0) is 12.7 Å². The first-order chi connectivity index (χ1) is 17.5. The van der Waals surface area contributed by atoms with E-state index in [1.165, 1.54) is 31.4 Å². The lowest BCUT2D eigenvalue weighted by atomic mass is 10.1. The lowest BCUT2D eigenvalue weighted by Crippen LogP contribution is -2.23. The largest absolute Gasteiger partial charge is 0.453 e. The molecule has 0 saturated heterocycles. The van der Waals surface area contributed by atoms with Gasteiger partial charge in [-0.2, -0.15) is 18.3 Å². The molecule has 0 radical (unpaired) electrons. The number of hydrogen-bond donors (Lipinski definition) is 2. The number of carbonyl (C=O) groups is 2. The number of aryl methyl sites for hydroxylation is 1. The smallest absolute Gasteiger partial charge is 0.355 e. The molecule has 3 heterocycles. The molecule has 0 spiro atoms. The van der Waals surface area contributed by atoms with Crippen molar-refractivity contribution in [3.05, 3.63) is 74.9 Å². The zero-order valence-corrected chi connectivity index (χ0v) is 20.5. The number of halogens is 5. The van der Waals surface area contributed by atoms with Gasteiger partial charge in [-0.05, 0) is 53.2 Å². The van der Waals surface area contributed by atoms with Crippen LogP contribution in [0.5, 0.6) is 0 Å². The normalized spacial score (nSPS) is 11.4. The Bertz CT molecular complexity index is 1500. The van der Waals surface area contributed by atoms with Gasteiger partial charge in [-0.15, -0.1) is 5.10 Å². The Labute approximate surface area is 216 Å². The van der Waals surface area contributed by atoms with Crippen LogP contribution in [0.1, 0.15) is 37.9 Å². The molecule has 2 N–H and O–H groups in total. The van der Waals surface area contributed by atoms with Crippen LogP contribution in [0.2, 0.25) is 10.0 Å². The minimum atomic E-state index is -4.81. The van der Waals surface area contributed by atoms with Gasteiger partial charge in [0.05, 0.1) is 28.5 Å². The van der Waals surface area contributed by atoms with E-state index in [0.29, 0.717) is 10.2 Å². The van der Waals surface area contributed by atoms with Crippen molar-refractivity contribution in [3.63, 3.8) is 0 Å². The van der Waals surface area contributed by atoms with Crippen LogP contribution in [0.15, 0.2) is 36.5 Å². The molecule has 37 heavy (non-hydrogen) atoms. The van der Waals surface area contributed by atoms with E-state index < -0.39 is 30.4 Å². The van der Waals surface area contributed by atoms with E-state index in [1.54, 1.807) is 19.1 Å². The van der Waals surface area contributed by atoms with E-state index >= 15 is 0 Å².